The zero-order chi connectivity index (χ0) is 15.6. The maximum Gasteiger partial charge on any atom is 0.103 e. The number of hydrogen-bond acceptors (Lipinski definition) is 3. The molecule has 2 heterocycles. The van der Waals surface area contributed by atoms with E-state index in [4.69, 9.17) is 4.74 Å². The smallest absolute Gasteiger partial charge is 0.103 e. The largest absolute Gasteiger partial charge is 0.494 e. The predicted molar refractivity (Wildman–Crippen MR) is 88.9 cm³/mol. The Hall–Kier alpha value is -1.29. The van der Waals surface area contributed by atoms with Crippen LogP contribution in [-0.4, -0.2) is 40.8 Å². The lowest BCUT2D eigenvalue weighted by atomic mass is 9.78. The van der Waals surface area contributed by atoms with Crippen LogP contribution < -0.4 is 0 Å². The zero-order valence-electron chi connectivity index (χ0n) is 14.2. The minimum Gasteiger partial charge on any atom is -0.494 e. The number of likely N-dealkylation sites (tertiary alicyclic amines) is 1. The number of allylic oxidation sites excluding steroid dienone is 2. The molecule has 0 aromatic carbocycles. The molecule has 2 aliphatic rings. The number of rotatable bonds is 4. The van der Waals surface area contributed by atoms with Gasteiger partial charge in [0.15, 0.2) is 0 Å². The number of ether oxygens (including phenoxy) is 1. The summed E-state index contributed by atoms with van der Waals surface area (Å²) in [4.78, 5) is 2.58. The van der Waals surface area contributed by atoms with Gasteiger partial charge in [-0.05, 0) is 58.7 Å². The van der Waals surface area contributed by atoms with Crippen molar-refractivity contribution in [3.8, 4) is 0 Å². The molecular weight excluding hydrogens is 274 g/mol. The minimum atomic E-state index is -0.0734. The molecule has 1 aliphatic carbocycles. The highest BCUT2D eigenvalue weighted by Crippen LogP contribution is 2.38. The Morgan fingerprint density at radius 1 is 1.36 bits per heavy atom. The molecule has 0 bridgehead atoms. The van der Waals surface area contributed by atoms with Crippen LogP contribution in [0.5, 0.6) is 0 Å². The van der Waals surface area contributed by atoms with Crippen molar-refractivity contribution < 1.29 is 4.74 Å². The second-order valence-corrected chi connectivity index (χ2v) is 7.17. The van der Waals surface area contributed by atoms with E-state index in [1.807, 2.05) is 6.20 Å². The second-order valence-electron chi connectivity index (χ2n) is 7.17. The van der Waals surface area contributed by atoms with Crippen molar-refractivity contribution in [1.82, 2.24) is 15.1 Å². The van der Waals surface area contributed by atoms with Gasteiger partial charge in [-0.15, -0.1) is 0 Å². The van der Waals surface area contributed by atoms with Crippen molar-refractivity contribution in [2.75, 3.05) is 19.6 Å². The van der Waals surface area contributed by atoms with Crippen LogP contribution in [0.4, 0.5) is 0 Å². The van der Waals surface area contributed by atoms with Crippen LogP contribution >= 0.6 is 0 Å². The standard InChI is InChI=1S/C18H29N3O/c1-4-10-21-11-5-6-14(9-12-21)22-17-8-7-16-15(13-19-20-16)18(17,2)3/h8,13-14H,4-7,9-12H2,1-3H3,(H,19,20). The highest BCUT2D eigenvalue weighted by molar-refractivity contribution is 5.39. The lowest BCUT2D eigenvalue weighted by molar-refractivity contribution is 0.0758. The van der Waals surface area contributed by atoms with E-state index >= 15 is 0 Å². The van der Waals surface area contributed by atoms with Crippen molar-refractivity contribution in [2.24, 2.45) is 0 Å². The molecule has 1 fully saturated rings. The Bertz CT molecular complexity index is 532. The Balaban J connectivity index is 1.65. The first-order chi connectivity index (χ1) is 10.6. The van der Waals surface area contributed by atoms with Crippen molar-refractivity contribution in [1.29, 1.82) is 0 Å². The number of nitrogens with one attached hydrogen (secondary N) is 1. The van der Waals surface area contributed by atoms with Gasteiger partial charge in [0.05, 0.1) is 17.7 Å². The highest BCUT2D eigenvalue weighted by atomic mass is 16.5. The number of fused-ring (bicyclic) bond motifs is 1. The number of nitrogens with zero attached hydrogens (tertiary/aromatic N) is 2. The third-order valence-electron chi connectivity index (χ3n) is 5.10. The van der Waals surface area contributed by atoms with Gasteiger partial charge in [0.25, 0.3) is 0 Å². The van der Waals surface area contributed by atoms with E-state index in [-0.39, 0.29) is 5.41 Å². The van der Waals surface area contributed by atoms with Crippen LogP contribution in [0.15, 0.2) is 18.0 Å². The Morgan fingerprint density at radius 2 is 2.23 bits per heavy atom. The topological polar surface area (TPSA) is 41.1 Å². The summed E-state index contributed by atoms with van der Waals surface area (Å²) in [6.07, 6.45) is 10.3. The maximum absolute atomic E-state index is 6.47. The van der Waals surface area contributed by atoms with E-state index in [0.29, 0.717) is 6.10 Å². The summed E-state index contributed by atoms with van der Waals surface area (Å²) in [5.41, 5.74) is 2.44. The minimum absolute atomic E-state index is 0.0734. The van der Waals surface area contributed by atoms with Gasteiger partial charge >= 0.3 is 0 Å². The molecule has 1 aromatic rings. The van der Waals surface area contributed by atoms with Gasteiger partial charge in [-0.25, -0.2) is 0 Å². The molecule has 3 rings (SSSR count). The molecule has 1 aliphatic heterocycles. The number of aromatic amines is 1. The summed E-state index contributed by atoms with van der Waals surface area (Å²) < 4.78 is 6.47. The van der Waals surface area contributed by atoms with Gasteiger partial charge in [-0.1, -0.05) is 6.92 Å². The number of aromatic nitrogens is 2. The summed E-state index contributed by atoms with van der Waals surface area (Å²) >= 11 is 0. The SMILES string of the molecule is CCCN1CCCC(OC2=CCc3[nH]ncc3C2(C)C)CC1. The lowest BCUT2D eigenvalue weighted by Crippen LogP contribution is -2.30. The van der Waals surface area contributed by atoms with Crippen LogP contribution in [0.25, 0.3) is 0 Å². The first-order valence-electron chi connectivity index (χ1n) is 8.73. The molecule has 122 valence electrons. The molecule has 1 N–H and O–H groups in total. The fourth-order valence-corrected chi connectivity index (χ4v) is 3.75. The van der Waals surface area contributed by atoms with Gasteiger partial charge < -0.3 is 9.64 Å². The highest BCUT2D eigenvalue weighted by Gasteiger charge is 2.35. The molecule has 0 amide bonds. The molecule has 0 saturated carbocycles. The maximum atomic E-state index is 6.47. The fourth-order valence-electron chi connectivity index (χ4n) is 3.75. The van der Waals surface area contributed by atoms with E-state index in [1.165, 1.54) is 50.2 Å². The number of H-pyrrole nitrogens is 1. The molecule has 4 nitrogen and oxygen atoms in total. The van der Waals surface area contributed by atoms with Crippen LogP contribution in [0.3, 0.4) is 0 Å². The van der Waals surface area contributed by atoms with Gasteiger partial charge in [-0.3, -0.25) is 5.10 Å². The monoisotopic (exact) mass is 303 g/mol. The van der Waals surface area contributed by atoms with E-state index in [2.05, 4.69) is 41.9 Å². The fraction of sp³-hybridized carbons (Fsp3) is 0.722. The van der Waals surface area contributed by atoms with Crippen molar-refractivity contribution in [2.45, 2.75) is 64.4 Å². The normalized spacial score (nSPS) is 25.2. The molecule has 0 spiro atoms. The quantitative estimate of drug-likeness (QED) is 0.927. The van der Waals surface area contributed by atoms with Crippen molar-refractivity contribution in [3.05, 3.63) is 29.3 Å². The average Bonchev–Trinajstić information content (AvgIpc) is 2.87. The molecule has 0 radical (unpaired) electrons. The summed E-state index contributed by atoms with van der Waals surface area (Å²) in [5.74, 6) is 1.13. The molecule has 1 unspecified atom stereocenters. The molecule has 1 aromatic heterocycles. The molecule has 4 heteroatoms. The van der Waals surface area contributed by atoms with E-state index < -0.39 is 0 Å². The molecular formula is C18H29N3O. The Labute approximate surface area is 133 Å². The zero-order valence-corrected chi connectivity index (χ0v) is 14.2. The molecule has 1 saturated heterocycles. The first-order valence-corrected chi connectivity index (χ1v) is 8.73. The second kappa shape index (κ2) is 6.45. The van der Waals surface area contributed by atoms with Crippen molar-refractivity contribution in [3.63, 3.8) is 0 Å². The summed E-state index contributed by atoms with van der Waals surface area (Å²) in [7, 11) is 0. The van der Waals surface area contributed by atoms with Crippen LogP contribution in [0.2, 0.25) is 0 Å². The van der Waals surface area contributed by atoms with Crippen molar-refractivity contribution >= 4 is 0 Å². The summed E-state index contributed by atoms with van der Waals surface area (Å²) in [6, 6.07) is 0. The predicted octanol–water partition coefficient (Wildman–Crippen LogP) is 3.41. The Morgan fingerprint density at radius 3 is 3.05 bits per heavy atom. The molecule has 1 atom stereocenters. The van der Waals surface area contributed by atoms with E-state index in [9.17, 15) is 0 Å². The molecule has 22 heavy (non-hydrogen) atoms. The number of hydrogen-bond donors (Lipinski definition) is 1. The average molecular weight is 303 g/mol. The van der Waals surface area contributed by atoms with Crippen LogP contribution in [0, 0.1) is 0 Å². The van der Waals surface area contributed by atoms with Gasteiger partial charge in [-0.2, -0.15) is 5.10 Å². The van der Waals surface area contributed by atoms with Gasteiger partial charge in [0, 0.05) is 24.2 Å². The first kappa shape index (κ1) is 15.6. The Kier molecular flexibility index (Phi) is 4.57. The van der Waals surface area contributed by atoms with E-state index in [1.54, 1.807) is 0 Å². The summed E-state index contributed by atoms with van der Waals surface area (Å²) in [5, 5.41) is 7.32. The lowest BCUT2D eigenvalue weighted by Gasteiger charge is -2.34. The van der Waals surface area contributed by atoms with Gasteiger partial charge in [0.1, 0.15) is 5.76 Å². The third kappa shape index (κ3) is 3.07. The van der Waals surface area contributed by atoms with E-state index in [0.717, 1.165) is 18.6 Å². The van der Waals surface area contributed by atoms with Gasteiger partial charge in [0.2, 0.25) is 0 Å². The van der Waals surface area contributed by atoms with Crippen LogP contribution in [-0.2, 0) is 16.6 Å². The third-order valence-corrected chi connectivity index (χ3v) is 5.10. The van der Waals surface area contributed by atoms with Crippen LogP contribution in [0.1, 0.15) is 57.7 Å². The summed E-state index contributed by atoms with van der Waals surface area (Å²) in [6.45, 7) is 10.4.